The Morgan fingerprint density at radius 2 is 1.60 bits per heavy atom. The van der Waals surface area contributed by atoms with Gasteiger partial charge in [-0.3, -0.25) is 22.7 Å². The quantitative estimate of drug-likeness (QED) is 0.465. The van der Waals surface area contributed by atoms with Crippen LogP contribution in [0.15, 0.2) is 21.9 Å². The maximum absolute atomic E-state index is 12.7. The molecular weight excluding hydrogens is 508 g/mol. The molecule has 0 saturated carbocycles. The summed E-state index contributed by atoms with van der Waals surface area (Å²) in [7, 11) is -3.30. The Kier molecular flexibility index (Phi) is 9.36. The van der Waals surface area contributed by atoms with Gasteiger partial charge >= 0.3 is 17.1 Å². The zero-order valence-corrected chi connectivity index (χ0v) is 25.6. The van der Waals surface area contributed by atoms with Crippen molar-refractivity contribution in [1.82, 2.24) is 9.55 Å². The first-order valence-corrected chi connectivity index (χ1v) is 18.5. The lowest BCUT2D eigenvalue weighted by molar-refractivity contribution is -0.0506. The lowest BCUT2D eigenvalue weighted by Crippen LogP contribution is -2.51. The molecule has 202 valence electrons. The lowest BCUT2D eigenvalue weighted by atomic mass is 10.1. The Morgan fingerprint density at radius 1 is 1.03 bits per heavy atom. The number of hydrogen-bond acceptors (Lipinski definition) is 8. The molecule has 0 bridgehead atoms. The molecule has 0 aromatic carbocycles. The first-order chi connectivity index (χ1) is 15.8. The number of rotatable bonds is 9. The molecule has 2 rings (SSSR count). The minimum atomic E-state index is -2.41. The second-order valence-corrected chi connectivity index (χ2v) is 22.4. The largest absolute Gasteiger partial charge is 0.414 e. The van der Waals surface area contributed by atoms with Gasteiger partial charge in [0.25, 0.3) is 5.56 Å². The van der Waals surface area contributed by atoms with Crippen LogP contribution < -0.4 is 11.2 Å². The molecule has 0 amide bonds. The topological polar surface area (TPSA) is 118 Å². The van der Waals surface area contributed by atoms with E-state index in [0.717, 1.165) is 0 Å². The molecule has 0 aliphatic carbocycles. The summed E-state index contributed by atoms with van der Waals surface area (Å²) in [5, 5.41) is -0.197. The van der Waals surface area contributed by atoms with Crippen LogP contribution in [0, 0.1) is 0 Å². The number of aromatic amines is 1. The van der Waals surface area contributed by atoms with Gasteiger partial charge in [0.2, 0.25) is 0 Å². The summed E-state index contributed by atoms with van der Waals surface area (Å²) in [5.41, 5.74) is -1.15. The minimum absolute atomic E-state index is 0.0381. The number of nitrogens with one attached hydrogen (secondary N) is 1. The third-order valence-corrected chi connectivity index (χ3v) is 17.0. The molecule has 1 aliphatic heterocycles. The molecule has 1 N–H and O–H groups in total. The molecule has 2 heterocycles. The average Bonchev–Trinajstić information content (AvgIpc) is 3.01. The molecule has 5 unspecified atom stereocenters. The molecule has 1 aromatic heterocycles. The van der Waals surface area contributed by atoms with Crippen LogP contribution >= 0.6 is 0 Å². The van der Waals surface area contributed by atoms with E-state index in [9.17, 15) is 13.8 Å². The van der Waals surface area contributed by atoms with E-state index in [1.165, 1.54) is 23.9 Å². The van der Waals surface area contributed by atoms with Crippen molar-refractivity contribution in [3.63, 3.8) is 0 Å². The Hall–Kier alpha value is -0.936. The van der Waals surface area contributed by atoms with Crippen LogP contribution in [0.2, 0.25) is 36.3 Å². The summed E-state index contributed by atoms with van der Waals surface area (Å²) >= 11 is -2.06. The third-order valence-electron chi connectivity index (χ3n) is 7.39. The zero-order chi connectivity index (χ0) is 27.0. The van der Waals surface area contributed by atoms with Gasteiger partial charge in [-0.1, -0.05) is 41.5 Å². The SMILES string of the molecule is COS(=O)OC1C(CO[Si](C)(C)C(C)(C)C)OC(n2ccc(=O)[nH]c2=O)C1O[Si](C)(C)C(C)(C)C. The Bertz CT molecular complexity index is 1010. The van der Waals surface area contributed by atoms with Crippen molar-refractivity contribution in [2.75, 3.05) is 13.7 Å². The number of hydrogen-bond donors (Lipinski definition) is 1. The second kappa shape index (κ2) is 10.8. The highest BCUT2D eigenvalue weighted by atomic mass is 32.2. The molecule has 1 fully saturated rings. The average molecular weight is 551 g/mol. The van der Waals surface area contributed by atoms with E-state index < -0.39 is 63.8 Å². The van der Waals surface area contributed by atoms with Gasteiger partial charge in [-0.05, 0) is 36.3 Å². The molecule has 1 saturated heterocycles. The second-order valence-electron chi connectivity index (χ2n) is 11.9. The van der Waals surface area contributed by atoms with Crippen LogP contribution in [0.3, 0.4) is 0 Å². The molecule has 1 aromatic rings. The van der Waals surface area contributed by atoms with Crippen molar-refractivity contribution < 1.29 is 26.2 Å². The summed E-state index contributed by atoms with van der Waals surface area (Å²) < 4.78 is 43.7. The standard InChI is InChI=1S/C22H42N2O8SSi2/c1-21(2,3)34(8,9)29-14-15-17(31-33(27)28-7)18(32-35(10,11)22(4,5)6)19(30-15)24-13-12-16(25)23-20(24)26/h12-13,15,17-19H,14H2,1-11H3,(H,23,25,26). The van der Waals surface area contributed by atoms with Crippen molar-refractivity contribution in [2.24, 2.45) is 0 Å². The van der Waals surface area contributed by atoms with Crippen LogP contribution in [0.4, 0.5) is 0 Å². The van der Waals surface area contributed by atoms with Crippen LogP contribution in [-0.2, 0) is 33.3 Å². The van der Waals surface area contributed by atoms with Gasteiger partial charge in [0.15, 0.2) is 22.9 Å². The Labute approximate surface area is 212 Å². The lowest BCUT2D eigenvalue weighted by Gasteiger charge is -2.40. The molecule has 5 atom stereocenters. The fraction of sp³-hybridized carbons (Fsp3) is 0.818. The normalized spacial score (nSPS) is 25.1. The van der Waals surface area contributed by atoms with Crippen LogP contribution in [0.5, 0.6) is 0 Å². The predicted molar refractivity (Wildman–Crippen MR) is 140 cm³/mol. The summed E-state index contributed by atoms with van der Waals surface area (Å²) in [4.78, 5) is 26.7. The Morgan fingerprint density at radius 3 is 2.09 bits per heavy atom. The van der Waals surface area contributed by atoms with Crippen molar-refractivity contribution in [3.8, 4) is 0 Å². The minimum Gasteiger partial charge on any atom is -0.414 e. The molecule has 0 radical (unpaired) electrons. The summed E-state index contributed by atoms with van der Waals surface area (Å²) in [6.07, 6.45) is -1.90. The highest BCUT2D eigenvalue weighted by Gasteiger charge is 2.53. The fourth-order valence-corrected chi connectivity index (χ4v) is 5.88. The molecule has 0 spiro atoms. The molecular formula is C22H42N2O8SSi2. The monoisotopic (exact) mass is 550 g/mol. The van der Waals surface area contributed by atoms with Crippen LogP contribution in [0.1, 0.15) is 47.8 Å². The van der Waals surface area contributed by atoms with E-state index >= 15 is 0 Å². The Balaban J connectivity index is 2.54. The third kappa shape index (κ3) is 7.09. The molecule has 1 aliphatic rings. The van der Waals surface area contributed by atoms with Crippen molar-refractivity contribution in [1.29, 1.82) is 0 Å². The number of ether oxygens (including phenoxy) is 1. The van der Waals surface area contributed by atoms with E-state index in [4.69, 9.17) is 22.0 Å². The van der Waals surface area contributed by atoms with E-state index in [0.29, 0.717) is 0 Å². The van der Waals surface area contributed by atoms with Gasteiger partial charge in [0.1, 0.15) is 18.3 Å². The van der Waals surface area contributed by atoms with Gasteiger partial charge in [-0.15, -0.1) is 0 Å². The first-order valence-electron chi connectivity index (χ1n) is 11.7. The van der Waals surface area contributed by atoms with E-state index in [1.807, 2.05) is 0 Å². The van der Waals surface area contributed by atoms with Gasteiger partial charge in [-0.25, -0.2) is 4.79 Å². The highest BCUT2D eigenvalue weighted by Crippen LogP contribution is 2.43. The molecule has 35 heavy (non-hydrogen) atoms. The van der Waals surface area contributed by atoms with Crippen molar-refractivity contribution in [3.05, 3.63) is 33.1 Å². The summed E-state index contributed by atoms with van der Waals surface area (Å²) in [5.74, 6) is 0. The molecule has 10 nitrogen and oxygen atoms in total. The fourth-order valence-electron chi connectivity index (χ4n) is 3.09. The number of aromatic nitrogens is 2. The van der Waals surface area contributed by atoms with E-state index in [2.05, 4.69) is 72.7 Å². The predicted octanol–water partition coefficient (Wildman–Crippen LogP) is 3.46. The number of nitrogens with zero attached hydrogens (tertiary/aromatic N) is 1. The van der Waals surface area contributed by atoms with Gasteiger partial charge < -0.3 is 13.6 Å². The van der Waals surface area contributed by atoms with Crippen molar-refractivity contribution >= 4 is 28.0 Å². The van der Waals surface area contributed by atoms with Gasteiger partial charge in [-0.2, -0.15) is 4.21 Å². The molecule has 13 heteroatoms. The number of H-pyrrole nitrogens is 1. The van der Waals surface area contributed by atoms with Crippen molar-refractivity contribution in [2.45, 2.75) is 102 Å². The first kappa shape index (κ1) is 30.3. The van der Waals surface area contributed by atoms with E-state index in [-0.39, 0.29) is 16.7 Å². The van der Waals surface area contributed by atoms with Gasteiger partial charge in [0.05, 0.1) is 13.7 Å². The summed E-state index contributed by atoms with van der Waals surface area (Å²) in [6, 6.07) is 1.25. The van der Waals surface area contributed by atoms with Gasteiger partial charge in [0, 0.05) is 12.3 Å². The zero-order valence-electron chi connectivity index (χ0n) is 22.8. The summed E-state index contributed by atoms with van der Waals surface area (Å²) in [6.45, 7) is 21.2. The smallest absolute Gasteiger partial charge is 0.330 e. The van der Waals surface area contributed by atoms with Crippen LogP contribution in [0.25, 0.3) is 0 Å². The van der Waals surface area contributed by atoms with Crippen LogP contribution in [-0.4, -0.2) is 62.4 Å². The maximum Gasteiger partial charge on any atom is 0.330 e. The highest BCUT2D eigenvalue weighted by molar-refractivity contribution is 7.75. The van der Waals surface area contributed by atoms with E-state index in [1.54, 1.807) is 0 Å². The maximum atomic E-state index is 12.7.